The normalized spacial score (nSPS) is 11.4. The molecule has 0 fully saturated rings. The number of alkyl halides is 3. The summed E-state index contributed by atoms with van der Waals surface area (Å²) in [5, 5.41) is 6.22. The largest absolute Gasteiger partial charge is 0.493 e. The van der Waals surface area contributed by atoms with Crippen molar-refractivity contribution in [1.82, 2.24) is 15.1 Å². The van der Waals surface area contributed by atoms with Crippen molar-refractivity contribution in [3.05, 3.63) is 71.1 Å². The molecule has 176 valence electrons. The second-order valence-electron chi connectivity index (χ2n) is 7.00. The molecule has 0 saturated carbocycles. The fourth-order valence-corrected chi connectivity index (χ4v) is 3.87. The number of para-hydroxylation sites is 1. The molecule has 4 rings (SSSR count). The Morgan fingerprint density at radius 3 is 2.59 bits per heavy atom. The summed E-state index contributed by atoms with van der Waals surface area (Å²) in [6.45, 7) is 2.16. The molecule has 0 atom stereocenters. The van der Waals surface area contributed by atoms with Crippen LogP contribution in [0.1, 0.15) is 24.1 Å². The number of nitrogens with zero attached hydrogens (tertiary/aromatic N) is 3. The van der Waals surface area contributed by atoms with Crippen molar-refractivity contribution in [1.29, 1.82) is 0 Å². The van der Waals surface area contributed by atoms with E-state index in [1.807, 2.05) is 31.2 Å². The highest BCUT2D eigenvalue weighted by Gasteiger charge is 2.30. The summed E-state index contributed by atoms with van der Waals surface area (Å²) in [6.07, 6.45) is -4.48. The first-order chi connectivity index (χ1) is 16.3. The van der Waals surface area contributed by atoms with Crippen molar-refractivity contribution in [3.8, 4) is 27.7 Å². The lowest BCUT2D eigenvalue weighted by molar-refractivity contribution is -0.145. The first-order valence-electron chi connectivity index (χ1n) is 10.2. The van der Waals surface area contributed by atoms with Crippen LogP contribution in [0.2, 0.25) is 0 Å². The Labute approximate surface area is 196 Å². The minimum absolute atomic E-state index is 0.0212. The number of carbonyl (C=O) groups is 1. The van der Waals surface area contributed by atoms with E-state index in [9.17, 15) is 18.0 Å². The highest BCUT2D eigenvalue weighted by Crippen LogP contribution is 2.32. The van der Waals surface area contributed by atoms with Crippen LogP contribution in [0.4, 0.5) is 13.2 Å². The van der Waals surface area contributed by atoms with E-state index in [4.69, 9.17) is 14.0 Å². The Hall–Kier alpha value is -3.73. The van der Waals surface area contributed by atoms with Crippen LogP contribution in [0.15, 0.2) is 58.4 Å². The molecule has 34 heavy (non-hydrogen) atoms. The lowest BCUT2D eigenvalue weighted by Gasteiger charge is -2.07. The lowest BCUT2D eigenvalue weighted by atomic mass is 10.1. The van der Waals surface area contributed by atoms with Gasteiger partial charge in [0.05, 0.1) is 29.8 Å². The monoisotopic (exact) mass is 489 g/mol. The van der Waals surface area contributed by atoms with Crippen molar-refractivity contribution >= 4 is 17.3 Å². The topological polar surface area (TPSA) is 87.3 Å². The zero-order valence-corrected chi connectivity index (χ0v) is 18.7. The van der Waals surface area contributed by atoms with Gasteiger partial charge in [0.2, 0.25) is 5.82 Å². The van der Waals surface area contributed by atoms with Crippen molar-refractivity contribution < 1.29 is 32.0 Å². The number of benzene rings is 2. The molecule has 11 heteroatoms. The number of hydrogen-bond acceptors (Lipinski definition) is 8. The van der Waals surface area contributed by atoms with Crippen molar-refractivity contribution in [2.45, 2.75) is 26.1 Å². The third kappa shape index (κ3) is 5.60. The molecule has 0 radical (unpaired) electrons. The van der Waals surface area contributed by atoms with E-state index in [-0.39, 0.29) is 24.7 Å². The number of hydrogen-bond donors (Lipinski definition) is 0. The molecule has 0 amide bonds. The minimum Gasteiger partial charge on any atom is -0.493 e. The molecular weight excluding hydrogens is 471 g/mol. The fourth-order valence-electron chi connectivity index (χ4n) is 3.02. The van der Waals surface area contributed by atoms with Gasteiger partial charge in [0, 0.05) is 10.9 Å². The Morgan fingerprint density at radius 1 is 1.09 bits per heavy atom. The van der Waals surface area contributed by atoms with E-state index in [0.717, 1.165) is 22.7 Å². The van der Waals surface area contributed by atoms with Crippen molar-refractivity contribution in [2.24, 2.45) is 0 Å². The van der Waals surface area contributed by atoms with Gasteiger partial charge in [-0.2, -0.15) is 18.2 Å². The summed E-state index contributed by atoms with van der Waals surface area (Å²) < 4.78 is 53.9. The van der Waals surface area contributed by atoms with Gasteiger partial charge < -0.3 is 14.0 Å². The maximum absolute atomic E-state index is 12.7. The average molecular weight is 489 g/mol. The molecule has 0 spiro atoms. The molecule has 0 N–H and O–H groups in total. The van der Waals surface area contributed by atoms with Gasteiger partial charge in [0.1, 0.15) is 10.8 Å². The molecule has 0 aliphatic rings. The zero-order valence-electron chi connectivity index (χ0n) is 17.8. The van der Waals surface area contributed by atoms with Crippen LogP contribution in [0.5, 0.6) is 5.75 Å². The van der Waals surface area contributed by atoms with Gasteiger partial charge in [-0.15, -0.1) is 11.3 Å². The first kappa shape index (κ1) is 23.4. The lowest BCUT2D eigenvalue weighted by Crippen LogP contribution is -2.08. The van der Waals surface area contributed by atoms with Crippen molar-refractivity contribution in [3.63, 3.8) is 0 Å². The predicted octanol–water partition coefficient (Wildman–Crippen LogP) is 5.56. The van der Waals surface area contributed by atoms with E-state index < -0.39 is 17.7 Å². The average Bonchev–Trinajstić information content (AvgIpc) is 3.48. The van der Waals surface area contributed by atoms with E-state index in [1.165, 1.54) is 23.5 Å². The third-order valence-corrected chi connectivity index (χ3v) is 5.51. The van der Waals surface area contributed by atoms with Crippen LogP contribution in [-0.2, 0) is 28.7 Å². The Balaban J connectivity index is 1.34. The number of halogens is 3. The number of ether oxygens (including phenoxy) is 2. The number of carbonyl (C=O) groups excluding carboxylic acids is 1. The van der Waals surface area contributed by atoms with Gasteiger partial charge in [-0.1, -0.05) is 29.4 Å². The van der Waals surface area contributed by atoms with Gasteiger partial charge in [-0.05, 0) is 31.2 Å². The highest BCUT2D eigenvalue weighted by molar-refractivity contribution is 7.13. The van der Waals surface area contributed by atoms with Crippen LogP contribution >= 0.6 is 11.3 Å². The van der Waals surface area contributed by atoms with Crippen LogP contribution in [0.3, 0.4) is 0 Å². The number of rotatable bonds is 8. The molecule has 0 unspecified atom stereocenters. The SMILES string of the molecule is CCOc1ccccc1-c1nc(CC(=O)OCc2nc(-c3ccc(C(F)(F)F)cc3)no2)cs1. The van der Waals surface area contributed by atoms with Gasteiger partial charge >= 0.3 is 12.1 Å². The predicted molar refractivity (Wildman–Crippen MR) is 117 cm³/mol. The van der Waals surface area contributed by atoms with Gasteiger partial charge in [-0.3, -0.25) is 4.79 Å². The van der Waals surface area contributed by atoms with E-state index >= 15 is 0 Å². The fraction of sp³-hybridized carbons (Fsp3) is 0.217. The number of thiazole rings is 1. The van der Waals surface area contributed by atoms with E-state index in [0.29, 0.717) is 23.6 Å². The summed E-state index contributed by atoms with van der Waals surface area (Å²) in [5.74, 6) is 0.294. The zero-order chi connectivity index (χ0) is 24.1. The maximum Gasteiger partial charge on any atom is 0.416 e. The van der Waals surface area contributed by atoms with Gasteiger partial charge in [0.15, 0.2) is 6.61 Å². The Bertz CT molecular complexity index is 1270. The van der Waals surface area contributed by atoms with E-state index in [2.05, 4.69) is 15.1 Å². The molecule has 4 aromatic rings. The molecule has 0 aliphatic heterocycles. The molecule has 2 aromatic heterocycles. The smallest absolute Gasteiger partial charge is 0.416 e. The van der Waals surface area contributed by atoms with Crippen LogP contribution in [-0.4, -0.2) is 27.7 Å². The molecule has 2 heterocycles. The number of aromatic nitrogens is 3. The summed E-state index contributed by atoms with van der Waals surface area (Å²) in [7, 11) is 0. The summed E-state index contributed by atoms with van der Waals surface area (Å²) in [5.41, 5.74) is 0.958. The maximum atomic E-state index is 12.7. The summed E-state index contributed by atoms with van der Waals surface area (Å²) in [6, 6.07) is 11.9. The minimum atomic E-state index is -4.43. The second-order valence-corrected chi connectivity index (χ2v) is 7.86. The van der Waals surface area contributed by atoms with Gasteiger partial charge in [0.25, 0.3) is 5.89 Å². The molecule has 2 aromatic carbocycles. The first-order valence-corrected chi connectivity index (χ1v) is 11.0. The second kappa shape index (κ2) is 10.0. The number of esters is 1. The quantitative estimate of drug-likeness (QED) is 0.299. The van der Waals surface area contributed by atoms with Crippen LogP contribution < -0.4 is 4.74 Å². The van der Waals surface area contributed by atoms with Crippen LogP contribution in [0, 0.1) is 0 Å². The van der Waals surface area contributed by atoms with Gasteiger partial charge in [-0.25, -0.2) is 4.98 Å². The Kier molecular flexibility index (Phi) is 6.92. The molecule has 7 nitrogen and oxygen atoms in total. The summed E-state index contributed by atoms with van der Waals surface area (Å²) in [4.78, 5) is 20.8. The molecular formula is C23H18F3N3O4S. The highest BCUT2D eigenvalue weighted by atomic mass is 32.1. The van der Waals surface area contributed by atoms with E-state index in [1.54, 1.807) is 5.38 Å². The third-order valence-electron chi connectivity index (χ3n) is 4.59. The van der Waals surface area contributed by atoms with Crippen LogP contribution in [0.25, 0.3) is 22.0 Å². The molecule has 0 aliphatic carbocycles. The summed E-state index contributed by atoms with van der Waals surface area (Å²) >= 11 is 1.39. The molecule has 0 bridgehead atoms. The molecule has 0 saturated heterocycles. The van der Waals surface area contributed by atoms with Crippen molar-refractivity contribution in [2.75, 3.05) is 6.61 Å². The Morgan fingerprint density at radius 2 is 1.85 bits per heavy atom. The standard InChI is InChI=1S/C23H18F3N3O4S/c1-2-31-18-6-4-3-5-17(18)22-27-16(13-34-22)11-20(30)32-12-19-28-21(29-33-19)14-7-9-15(10-8-14)23(24,25)26/h3-10,13H,2,11-12H2,1H3.